The predicted octanol–water partition coefficient (Wildman–Crippen LogP) is 3.74. The van der Waals surface area contributed by atoms with Gasteiger partial charge in [0, 0.05) is 17.0 Å². The number of methoxy groups -OCH3 is 1. The van der Waals surface area contributed by atoms with Gasteiger partial charge >= 0.3 is 5.97 Å². The number of hydrogen-bond donors (Lipinski definition) is 1. The van der Waals surface area contributed by atoms with Crippen molar-refractivity contribution in [1.29, 1.82) is 0 Å². The van der Waals surface area contributed by atoms with Gasteiger partial charge in [0.2, 0.25) is 0 Å². The average Bonchev–Trinajstić information content (AvgIpc) is 2.67. The third kappa shape index (κ3) is 3.24. The quantitative estimate of drug-likeness (QED) is 0.652. The lowest BCUT2D eigenvalue weighted by Gasteiger charge is -2.27. The van der Waals surface area contributed by atoms with Crippen molar-refractivity contribution in [2.75, 3.05) is 19.6 Å². The highest BCUT2D eigenvalue weighted by Crippen LogP contribution is 2.43. The molecule has 1 aliphatic rings. The number of carbonyl (C=O) groups is 1. The molecule has 0 atom stereocenters. The third-order valence-electron chi connectivity index (χ3n) is 4.55. The fourth-order valence-electron chi connectivity index (χ4n) is 3.51. The molecule has 0 fully saturated rings. The average molecular weight is 361 g/mol. The molecule has 0 saturated carbocycles. The van der Waals surface area contributed by atoms with Gasteiger partial charge in [-0.2, -0.15) is 0 Å². The van der Waals surface area contributed by atoms with E-state index in [9.17, 15) is 9.90 Å². The molecule has 1 aliphatic heterocycles. The fourth-order valence-corrected chi connectivity index (χ4v) is 3.70. The zero-order valence-corrected chi connectivity index (χ0v) is 14.9. The first-order valence-corrected chi connectivity index (χ1v) is 8.90. The van der Waals surface area contributed by atoms with Gasteiger partial charge in [-0.15, -0.1) is 11.6 Å². The number of halogens is 1. The van der Waals surface area contributed by atoms with E-state index in [1.165, 1.54) is 7.11 Å². The summed E-state index contributed by atoms with van der Waals surface area (Å²) in [5, 5.41) is 10.0. The van der Waals surface area contributed by atoms with Crippen molar-refractivity contribution in [1.82, 2.24) is 0 Å². The van der Waals surface area contributed by atoms with Crippen LogP contribution in [0.5, 0.6) is 5.75 Å². The number of aliphatic hydroxyl groups is 1. The minimum absolute atomic E-state index is 0.112. The maximum absolute atomic E-state index is 12.6. The summed E-state index contributed by atoms with van der Waals surface area (Å²) < 4.78 is 10.9. The van der Waals surface area contributed by atoms with E-state index in [1.54, 1.807) is 0 Å². The molecule has 0 saturated heterocycles. The van der Waals surface area contributed by atoms with Crippen LogP contribution in [-0.4, -0.2) is 30.7 Å². The minimum Gasteiger partial charge on any atom is -0.492 e. The van der Waals surface area contributed by atoms with Crippen LogP contribution in [0, 0.1) is 0 Å². The Morgan fingerprint density at radius 1 is 1.28 bits per heavy atom. The normalized spacial score (nSPS) is 13.1. The highest BCUT2D eigenvalue weighted by Gasteiger charge is 2.30. The summed E-state index contributed by atoms with van der Waals surface area (Å²) in [6, 6.07) is 9.63. The zero-order valence-electron chi connectivity index (χ0n) is 14.2. The third-order valence-corrected chi connectivity index (χ3v) is 4.74. The molecule has 2 aromatic rings. The topological polar surface area (TPSA) is 55.8 Å². The highest BCUT2D eigenvalue weighted by molar-refractivity contribution is 6.18. The molecule has 0 bridgehead atoms. The standard InChI is InChI=1S/C20H21ClO4/c1-24-20(23)18-17(13-6-3-2-4-7-13)14(9-10-21)16(12-22)15-8-5-11-25-19(15)18/h2-4,6-7,22H,5,8-12H2,1H3. The van der Waals surface area contributed by atoms with E-state index in [0.29, 0.717) is 30.2 Å². The van der Waals surface area contributed by atoms with Gasteiger partial charge in [0.05, 0.1) is 20.3 Å². The first kappa shape index (κ1) is 17.8. The number of esters is 1. The molecule has 0 amide bonds. The van der Waals surface area contributed by atoms with Crippen LogP contribution >= 0.6 is 11.6 Å². The maximum atomic E-state index is 12.6. The van der Waals surface area contributed by atoms with Crippen LogP contribution < -0.4 is 4.74 Å². The van der Waals surface area contributed by atoms with Crippen molar-refractivity contribution in [2.45, 2.75) is 25.9 Å². The number of hydrogen-bond acceptors (Lipinski definition) is 4. The lowest BCUT2D eigenvalue weighted by atomic mass is 9.83. The molecule has 0 radical (unpaired) electrons. The number of rotatable bonds is 5. The molecule has 1 N–H and O–H groups in total. The molecule has 0 unspecified atom stereocenters. The summed E-state index contributed by atoms with van der Waals surface area (Å²) in [5.41, 5.74) is 4.68. The predicted molar refractivity (Wildman–Crippen MR) is 97.4 cm³/mol. The van der Waals surface area contributed by atoms with Crippen LogP contribution in [0.3, 0.4) is 0 Å². The van der Waals surface area contributed by atoms with E-state index in [-0.39, 0.29) is 6.61 Å². The zero-order chi connectivity index (χ0) is 17.8. The number of benzene rings is 2. The van der Waals surface area contributed by atoms with Gasteiger partial charge in [-0.25, -0.2) is 4.79 Å². The second-order valence-corrected chi connectivity index (χ2v) is 6.30. The summed E-state index contributed by atoms with van der Waals surface area (Å²) in [6.45, 7) is 0.435. The fraction of sp³-hybridized carbons (Fsp3) is 0.350. The Kier molecular flexibility index (Phi) is 5.61. The van der Waals surface area contributed by atoms with Crippen LogP contribution in [0.25, 0.3) is 11.1 Å². The second-order valence-electron chi connectivity index (χ2n) is 5.92. The maximum Gasteiger partial charge on any atom is 0.342 e. The Balaban J connectivity index is 2.41. The molecular weight excluding hydrogens is 340 g/mol. The summed E-state index contributed by atoms with van der Waals surface area (Å²) in [5.74, 6) is 0.504. The molecule has 0 aliphatic carbocycles. The van der Waals surface area contributed by atoms with Crippen molar-refractivity contribution in [3.8, 4) is 16.9 Å². The first-order chi connectivity index (χ1) is 12.2. The molecule has 0 spiro atoms. The van der Waals surface area contributed by atoms with Crippen LogP contribution in [-0.2, 0) is 24.2 Å². The van der Waals surface area contributed by atoms with Crippen LogP contribution in [0.15, 0.2) is 30.3 Å². The number of carbonyl (C=O) groups excluding carboxylic acids is 1. The molecule has 1 heterocycles. The summed E-state index contributed by atoms with van der Waals surface area (Å²) >= 11 is 6.04. The first-order valence-electron chi connectivity index (χ1n) is 8.36. The van der Waals surface area contributed by atoms with Crippen molar-refractivity contribution in [3.63, 3.8) is 0 Å². The molecule has 5 heteroatoms. The lowest BCUT2D eigenvalue weighted by molar-refractivity contribution is 0.0595. The second kappa shape index (κ2) is 7.89. The van der Waals surface area contributed by atoms with Gasteiger partial charge in [-0.3, -0.25) is 0 Å². The summed E-state index contributed by atoms with van der Waals surface area (Å²) in [4.78, 5) is 12.6. The molecule has 4 nitrogen and oxygen atoms in total. The summed E-state index contributed by atoms with van der Waals surface area (Å²) in [6.07, 6.45) is 2.17. The number of alkyl halides is 1. The molecule has 25 heavy (non-hydrogen) atoms. The SMILES string of the molecule is COC(=O)c1c2c(c(CO)c(CCCl)c1-c1ccccc1)CCCO2. The lowest BCUT2D eigenvalue weighted by Crippen LogP contribution is -2.19. The van der Waals surface area contributed by atoms with Gasteiger partial charge in [0.25, 0.3) is 0 Å². The monoisotopic (exact) mass is 360 g/mol. The highest BCUT2D eigenvalue weighted by atomic mass is 35.5. The summed E-state index contributed by atoms with van der Waals surface area (Å²) in [7, 11) is 1.37. The van der Waals surface area contributed by atoms with Crippen LogP contribution in [0.2, 0.25) is 0 Å². The van der Waals surface area contributed by atoms with Crippen molar-refractivity contribution in [3.05, 3.63) is 52.6 Å². The van der Waals surface area contributed by atoms with Crippen molar-refractivity contribution < 1.29 is 19.4 Å². The number of ether oxygens (including phenoxy) is 2. The van der Waals surface area contributed by atoms with Crippen LogP contribution in [0.1, 0.15) is 33.5 Å². The van der Waals surface area contributed by atoms with Gasteiger partial charge in [-0.1, -0.05) is 30.3 Å². The molecule has 0 aromatic heterocycles. The Hall–Kier alpha value is -2.04. The number of aliphatic hydroxyl groups excluding tert-OH is 1. The van der Waals surface area contributed by atoms with Gasteiger partial charge in [0.15, 0.2) is 0 Å². The largest absolute Gasteiger partial charge is 0.492 e. The van der Waals surface area contributed by atoms with Gasteiger partial charge < -0.3 is 14.6 Å². The molecule has 3 rings (SSSR count). The van der Waals surface area contributed by atoms with Gasteiger partial charge in [0.1, 0.15) is 11.3 Å². The van der Waals surface area contributed by atoms with E-state index in [2.05, 4.69) is 0 Å². The van der Waals surface area contributed by atoms with E-state index < -0.39 is 5.97 Å². The van der Waals surface area contributed by atoms with Crippen molar-refractivity contribution >= 4 is 17.6 Å². The smallest absolute Gasteiger partial charge is 0.342 e. The van der Waals surface area contributed by atoms with E-state index >= 15 is 0 Å². The van der Waals surface area contributed by atoms with E-state index in [4.69, 9.17) is 21.1 Å². The van der Waals surface area contributed by atoms with E-state index in [1.807, 2.05) is 30.3 Å². The Morgan fingerprint density at radius 3 is 2.68 bits per heavy atom. The number of fused-ring (bicyclic) bond motifs is 1. The van der Waals surface area contributed by atoms with Crippen molar-refractivity contribution in [2.24, 2.45) is 0 Å². The molecule has 2 aromatic carbocycles. The molecular formula is C20H21ClO4. The Labute approximate surface area is 152 Å². The van der Waals surface area contributed by atoms with Crippen LogP contribution in [0.4, 0.5) is 0 Å². The molecule has 132 valence electrons. The van der Waals surface area contributed by atoms with E-state index in [0.717, 1.165) is 40.7 Å². The minimum atomic E-state index is -0.433. The Morgan fingerprint density at radius 2 is 2.04 bits per heavy atom. The Bertz CT molecular complexity index is 771. The van der Waals surface area contributed by atoms with Gasteiger partial charge in [-0.05, 0) is 36.0 Å².